The summed E-state index contributed by atoms with van der Waals surface area (Å²) in [5.41, 5.74) is 3.11. The lowest BCUT2D eigenvalue weighted by Crippen LogP contribution is -2.39. The molecule has 8 nitrogen and oxygen atoms in total. The normalized spacial score (nSPS) is 11.2. The Morgan fingerprint density at radius 3 is 2.51 bits per heavy atom. The zero-order valence-corrected chi connectivity index (χ0v) is 23.4. The molecule has 1 amide bonds. The van der Waals surface area contributed by atoms with Crippen LogP contribution in [-0.4, -0.2) is 40.8 Å². The topological polar surface area (TPSA) is 97.3 Å². The van der Waals surface area contributed by atoms with Crippen LogP contribution in [0, 0.1) is 0 Å². The first-order chi connectivity index (χ1) is 17.7. The number of hydrazone groups is 1. The summed E-state index contributed by atoms with van der Waals surface area (Å²) >= 11 is 15.5. The van der Waals surface area contributed by atoms with Crippen molar-refractivity contribution in [3.63, 3.8) is 0 Å². The van der Waals surface area contributed by atoms with Gasteiger partial charge < -0.3 is 9.47 Å². The standard InChI is InChI=1S/C25H22BrCl2N3O5S/c1-3-11-36-25-20(26)12-17(13-23(25)35-2)15-29-30-24(32)16-31(18-9-10-21(27)22(28)14-18)37(33,34)19-7-5-4-6-8-19/h3-10,12-15H,1,11,16H2,2H3,(H,30,32)/b29-15-. The lowest BCUT2D eigenvalue weighted by atomic mass is 10.2. The Hall–Kier alpha value is -3.05. The van der Waals surface area contributed by atoms with E-state index in [1.165, 1.54) is 43.7 Å². The molecular formula is C25H22BrCl2N3O5S. The first-order valence-corrected chi connectivity index (χ1v) is 13.6. The summed E-state index contributed by atoms with van der Waals surface area (Å²) in [6, 6.07) is 15.4. The number of carbonyl (C=O) groups excluding carboxylic acids is 1. The molecule has 0 unspecified atom stereocenters. The number of benzene rings is 3. The number of nitrogens with zero attached hydrogens (tertiary/aromatic N) is 2. The van der Waals surface area contributed by atoms with Gasteiger partial charge in [-0.3, -0.25) is 9.10 Å². The summed E-state index contributed by atoms with van der Waals surface area (Å²) in [5.74, 6) is 0.259. The van der Waals surface area contributed by atoms with Crippen molar-refractivity contribution >= 4 is 67.0 Å². The van der Waals surface area contributed by atoms with Crippen LogP contribution in [0.15, 0.2) is 87.8 Å². The Balaban J connectivity index is 1.82. The van der Waals surface area contributed by atoms with E-state index in [1.54, 1.807) is 36.4 Å². The second-order valence-electron chi connectivity index (χ2n) is 7.35. The number of rotatable bonds is 11. The van der Waals surface area contributed by atoms with Crippen molar-refractivity contribution < 1.29 is 22.7 Å². The fraction of sp³-hybridized carbons (Fsp3) is 0.120. The summed E-state index contributed by atoms with van der Waals surface area (Å²) in [6.07, 6.45) is 2.99. The molecule has 194 valence electrons. The van der Waals surface area contributed by atoms with Gasteiger partial charge in [0.15, 0.2) is 11.5 Å². The Kier molecular flexibility index (Phi) is 9.99. The van der Waals surface area contributed by atoms with Crippen molar-refractivity contribution in [3.05, 3.63) is 93.4 Å². The average Bonchev–Trinajstić information content (AvgIpc) is 2.88. The lowest BCUT2D eigenvalue weighted by Gasteiger charge is -2.24. The summed E-state index contributed by atoms with van der Waals surface area (Å²) in [5, 5.41) is 4.35. The molecule has 0 fully saturated rings. The highest BCUT2D eigenvalue weighted by Crippen LogP contribution is 2.36. The Labute approximate surface area is 233 Å². The number of hydrogen-bond acceptors (Lipinski definition) is 6. The quantitative estimate of drug-likeness (QED) is 0.168. The van der Waals surface area contributed by atoms with Crippen LogP contribution in [0.5, 0.6) is 11.5 Å². The second kappa shape index (κ2) is 13.0. The molecule has 0 aliphatic rings. The molecule has 3 aromatic carbocycles. The van der Waals surface area contributed by atoms with Crippen LogP contribution < -0.4 is 19.2 Å². The van der Waals surface area contributed by atoms with Gasteiger partial charge in [0.1, 0.15) is 13.2 Å². The average molecular weight is 627 g/mol. The zero-order chi connectivity index (χ0) is 27.0. The first kappa shape index (κ1) is 28.5. The van der Waals surface area contributed by atoms with Gasteiger partial charge in [0.2, 0.25) is 0 Å². The number of ether oxygens (including phenoxy) is 2. The number of amides is 1. The van der Waals surface area contributed by atoms with E-state index in [9.17, 15) is 13.2 Å². The van der Waals surface area contributed by atoms with Gasteiger partial charge in [0.05, 0.1) is 38.4 Å². The van der Waals surface area contributed by atoms with E-state index in [4.69, 9.17) is 32.7 Å². The summed E-state index contributed by atoms with van der Waals surface area (Å²) in [4.78, 5) is 12.8. The molecule has 12 heteroatoms. The SMILES string of the molecule is C=CCOc1c(Br)cc(/C=N\NC(=O)CN(c2ccc(Cl)c(Cl)c2)S(=O)(=O)c2ccccc2)cc1OC. The number of anilines is 1. The van der Waals surface area contributed by atoms with Crippen LogP contribution in [-0.2, 0) is 14.8 Å². The minimum atomic E-state index is -4.11. The zero-order valence-electron chi connectivity index (χ0n) is 19.5. The molecule has 37 heavy (non-hydrogen) atoms. The van der Waals surface area contributed by atoms with Crippen LogP contribution in [0.1, 0.15) is 5.56 Å². The van der Waals surface area contributed by atoms with Crippen molar-refractivity contribution in [3.8, 4) is 11.5 Å². The van der Waals surface area contributed by atoms with E-state index in [0.29, 0.717) is 28.1 Å². The Morgan fingerprint density at radius 1 is 1.14 bits per heavy atom. The van der Waals surface area contributed by atoms with Gasteiger partial charge in [-0.25, -0.2) is 13.8 Å². The highest BCUT2D eigenvalue weighted by atomic mass is 79.9. The molecular weight excluding hydrogens is 605 g/mol. The molecule has 0 atom stereocenters. The van der Waals surface area contributed by atoms with Crippen LogP contribution in [0.25, 0.3) is 0 Å². The summed E-state index contributed by atoms with van der Waals surface area (Å²) < 4.78 is 39.2. The van der Waals surface area contributed by atoms with Crippen LogP contribution in [0.2, 0.25) is 10.0 Å². The molecule has 0 bridgehead atoms. The van der Waals surface area contributed by atoms with Crippen molar-refractivity contribution in [1.82, 2.24) is 5.43 Å². The summed E-state index contributed by atoms with van der Waals surface area (Å²) in [7, 11) is -2.61. The van der Waals surface area contributed by atoms with Crippen LogP contribution in [0.4, 0.5) is 5.69 Å². The highest BCUT2D eigenvalue weighted by Gasteiger charge is 2.27. The maximum atomic E-state index is 13.4. The molecule has 0 radical (unpaired) electrons. The minimum Gasteiger partial charge on any atom is -0.493 e. The third kappa shape index (κ3) is 7.26. The van der Waals surface area contributed by atoms with E-state index < -0.39 is 22.5 Å². The van der Waals surface area contributed by atoms with Gasteiger partial charge in [-0.15, -0.1) is 0 Å². The molecule has 0 spiro atoms. The van der Waals surface area contributed by atoms with Crippen molar-refractivity contribution in [1.29, 1.82) is 0 Å². The largest absolute Gasteiger partial charge is 0.493 e. The molecule has 0 saturated carbocycles. The number of methoxy groups -OCH3 is 1. The maximum absolute atomic E-state index is 13.4. The third-order valence-corrected chi connectivity index (χ3v) is 7.93. The van der Waals surface area contributed by atoms with Gasteiger partial charge in [-0.2, -0.15) is 5.10 Å². The molecule has 0 saturated heterocycles. The van der Waals surface area contributed by atoms with E-state index >= 15 is 0 Å². The molecule has 1 N–H and O–H groups in total. The number of sulfonamides is 1. The number of hydrogen-bond donors (Lipinski definition) is 1. The van der Waals surface area contributed by atoms with Crippen molar-refractivity contribution in [2.45, 2.75) is 4.90 Å². The molecule has 3 aromatic rings. The smallest absolute Gasteiger partial charge is 0.264 e. The van der Waals surface area contributed by atoms with Gasteiger partial charge in [0.25, 0.3) is 15.9 Å². The predicted octanol–water partition coefficient (Wildman–Crippen LogP) is 5.67. The number of halogens is 3. The van der Waals surface area contributed by atoms with Gasteiger partial charge in [0, 0.05) is 0 Å². The molecule has 0 aliphatic heterocycles. The maximum Gasteiger partial charge on any atom is 0.264 e. The summed E-state index contributed by atoms with van der Waals surface area (Å²) in [6.45, 7) is 3.35. The lowest BCUT2D eigenvalue weighted by molar-refractivity contribution is -0.119. The second-order valence-corrected chi connectivity index (χ2v) is 10.9. The molecule has 0 aromatic heterocycles. The van der Waals surface area contributed by atoms with Gasteiger partial charge in [-0.1, -0.05) is 54.1 Å². The third-order valence-electron chi connectivity index (χ3n) is 4.81. The van der Waals surface area contributed by atoms with Crippen molar-refractivity contribution in [2.75, 3.05) is 24.6 Å². The molecule has 0 aliphatic carbocycles. The number of carbonyl (C=O) groups is 1. The fourth-order valence-electron chi connectivity index (χ4n) is 3.12. The Morgan fingerprint density at radius 2 is 1.86 bits per heavy atom. The minimum absolute atomic E-state index is 0.00748. The number of nitrogens with one attached hydrogen (secondary N) is 1. The predicted molar refractivity (Wildman–Crippen MR) is 150 cm³/mol. The van der Waals surface area contributed by atoms with E-state index in [1.807, 2.05) is 0 Å². The Bertz CT molecular complexity index is 1420. The van der Waals surface area contributed by atoms with Crippen molar-refractivity contribution in [2.24, 2.45) is 5.10 Å². The van der Waals surface area contributed by atoms with Crippen LogP contribution in [0.3, 0.4) is 0 Å². The van der Waals surface area contributed by atoms with E-state index in [-0.39, 0.29) is 20.6 Å². The van der Waals surface area contributed by atoms with Crippen LogP contribution >= 0.6 is 39.1 Å². The van der Waals surface area contributed by atoms with Gasteiger partial charge in [-0.05, 0) is 64.0 Å². The van der Waals surface area contributed by atoms with E-state index in [0.717, 1.165) is 4.31 Å². The fourth-order valence-corrected chi connectivity index (χ4v) is 5.42. The van der Waals surface area contributed by atoms with E-state index in [2.05, 4.69) is 33.0 Å². The monoisotopic (exact) mass is 625 g/mol. The molecule has 3 rings (SSSR count). The molecule has 0 heterocycles. The highest BCUT2D eigenvalue weighted by molar-refractivity contribution is 9.10. The van der Waals surface area contributed by atoms with Gasteiger partial charge >= 0.3 is 0 Å². The first-order valence-electron chi connectivity index (χ1n) is 10.6.